The number of fused-ring (bicyclic) bond motifs is 1. The van der Waals surface area contributed by atoms with Crippen LogP contribution in [0.4, 0.5) is 5.69 Å². The average molecular weight is 435 g/mol. The number of hydrogen-bond acceptors (Lipinski definition) is 4. The number of rotatable bonds is 7. The number of methoxy groups -OCH3 is 1. The van der Waals surface area contributed by atoms with Gasteiger partial charge in [0.25, 0.3) is 0 Å². The first-order valence-electron chi connectivity index (χ1n) is 11.1. The molecule has 1 aliphatic rings. The minimum absolute atomic E-state index is 0.000360. The fourth-order valence-electron chi connectivity index (χ4n) is 4.48. The van der Waals surface area contributed by atoms with E-state index < -0.39 is 6.04 Å². The van der Waals surface area contributed by atoms with Crippen LogP contribution in [0.25, 0.3) is 10.9 Å². The van der Waals surface area contributed by atoms with E-state index in [1.807, 2.05) is 54.7 Å². The van der Waals surface area contributed by atoms with Gasteiger partial charge in [0.05, 0.1) is 12.8 Å². The fraction of sp³-hybridized carbons (Fsp3) is 0.360. The van der Waals surface area contributed by atoms with Crippen molar-refractivity contribution < 1.29 is 14.3 Å². The molecule has 3 N–H and O–H groups in total. The number of para-hydroxylation sites is 3. The zero-order valence-electron chi connectivity index (χ0n) is 18.6. The lowest BCUT2D eigenvalue weighted by Gasteiger charge is -2.36. The molecule has 1 fully saturated rings. The maximum absolute atomic E-state index is 13.2. The number of carbonyl (C=O) groups is 2. The zero-order valence-corrected chi connectivity index (χ0v) is 18.6. The van der Waals surface area contributed by atoms with Crippen LogP contribution in [-0.2, 0) is 16.0 Å². The number of anilines is 1. The van der Waals surface area contributed by atoms with Crippen LogP contribution in [-0.4, -0.2) is 49.1 Å². The lowest BCUT2D eigenvalue weighted by molar-refractivity contribution is -0.128. The predicted octanol–water partition coefficient (Wildman–Crippen LogP) is 3.01. The number of carbonyl (C=O) groups excluding carboxylic acids is 2. The Morgan fingerprint density at radius 1 is 1.19 bits per heavy atom. The molecule has 1 saturated heterocycles. The predicted molar refractivity (Wildman–Crippen MR) is 126 cm³/mol. The van der Waals surface area contributed by atoms with Gasteiger partial charge in [-0.15, -0.1) is 0 Å². The van der Waals surface area contributed by atoms with Crippen LogP contribution < -0.4 is 20.3 Å². The first-order chi connectivity index (χ1) is 15.5. The van der Waals surface area contributed by atoms with Crippen molar-refractivity contribution in [3.8, 4) is 5.75 Å². The molecule has 2 amide bonds. The largest absolute Gasteiger partial charge is 0.495 e. The van der Waals surface area contributed by atoms with Crippen molar-refractivity contribution in [1.29, 1.82) is 0 Å². The Bertz CT molecular complexity index is 1090. The maximum atomic E-state index is 13.2. The second-order valence-electron chi connectivity index (χ2n) is 8.28. The molecule has 0 saturated carbocycles. The molecule has 32 heavy (non-hydrogen) atoms. The van der Waals surface area contributed by atoms with Gasteiger partial charge in [-0.05, 0) is 36.6 Å². The Hall–Kier alpha value is -3.48. The quantitative estimate of drug-likeness (QED) is 0.534. The highest BCUT2D eigenvalue weighted by Gasteiger charge is 2.27. The first kappa shape index (κ1) is 21.7. The molecule has 2 aromatic carbocycles. The molecule has 0 aliphatic carbocycles. The molecule has 0 radical (unpaired) electrons. The molecular formula is C25H30N4O3. The molecule has 1 aromatic heterocycles. The number of piperidine rings is 1. The molecule has 1 aliphatic heterocycles. The van der Waals surface area contributed by atoms with Gasteiger partial charge in [0.2, 0.25) is 11.8 Å². The van der Waals surface area contributed by atoms with Crippen molar-refractivity contribution >= 4 is 28.4 Å². The second kappa shape index (κ2) is 9.77. The monoisotopic (exact) mass is 434 g/mol. The summed E-state index contributed by atoms with van der Waals surface area (Å²) >= 11 is 0. The Morgan fingerprint density at radius 3 is 2.78 bits per heavy atom. The van der Waals surface area contributed by atoms with E-state index in [1.54, 1.807) is 7.11 Å². The molecule has 2 unspecified atom stereocenters. The van der Waals surface area contributed by atoms with Crippen molar-refractivity contribution in [3.05, 3.63) is 60.3 Å². The van der Waals surface area contributed by atoms with E-state index in [2.05, 4.69) is 20.5 Å². The highest BCUT2D eigenvalue weighted by atomic mass is 16.5. The van der Waals surface area contributed by atoms with Crippen LogP contribution in [0.1, 0.15) is 25.3 Å². The second-order valence-corrected chi connectivity index (χ2v) is 8.28. The van der Waals surface area contributed by atoms with E-state index in [9.17, 15) is 9.59 Å². The summed E-state index contributed by atoms with van der Waals surface area (Å²) in [4.78, 5) is 30.5. The molecule has 168 valence electrons. The van der Waals surface area contributed by atoms with Crippen LogP contribution in [0.3, 0.4) is 0 Å². The highest BCUT2D eigenvalue weighted by Crippen LogP contribution is 2.30. The molecule has 4 rings (SSSR count). The lowest BCUT2D eigenvalue weighted by atomic mass is 10.0. The van der Waals surface area contributed by atoms with Gasteiger partial charge in [-0.2, -0.15) is 0 Å². The van der Waals surface area contributed by atoms with Gasteiger partial charge in [-0.3, -0.25) is 9.59 Å². The fourth-order valence-corrected chi connectivity index (χ4v) is 4.48. The molecule has 7 nitrogen and oxygen atoms in total. The summed E-state index contributed by atoms with van der Waals surface area (Å²) in [6, 6.07) is 15.3. The molecular weight excluding hydrogens is 404 g/mol. The van der Waals surface area contributed by atoms with Crippen molar-refractivity contribution in [3.63, 3.8) is 0 Å². The van der Waals surface area contributed by atoms with Gasteiger partial charge in [0.1, 0.15) is 11.8 Å². The third kappa shape index (κ3) is 4.88. The Kier molecular flexibility index (Phi) is 6.63. The van der Waals surface area contributed by atoms with E-state index in [4.69, 9.17) is 4.74 Å². The van der Waals surface area contributed by atoms with Crippen LogP contribution >= 0.6 is 0 Å². The highest BCUT2D eigenvalue weighted by molar-refractivity contribution is 5.89. The number of hydrogen-bond donors (Lipinski definition) is 3. The summed E-state index contributed by atoms with van der Waals surface area (Å²) in [6.07, 6.45) is 4.21. The maximum Gasteiger partial charge on any atom is 0.243 e. The van der Waals surface area contributed by atoms with Gasteiger partial charge in [-0.1, -0.05) is 30.3 Å². The normalized spacial score (nSPS) is 17.1. The summed E-state index contributed by atoms with van der Waals surface area (Å²) in [7, 11) is 1.67. The van der Waals surface area contributed by atoms with Crippen molar-refractivity contribution in [2.45, 2.75) is 38.3 Å². The average Bonchev–Trinajstić information content (AvgIpc) is 3.21. The Labute approximate surface area is 188 Å². The molecule has 2 atom stereocenters. The number of aromatic nitrogens is 1. The van der Waals surface area contributed by atoms with Gasteiger partial charge < -0.3 is 25.3 Å². The zero-order chi connectivity index (χ0) is 22.5. The van der Waals surface area contributed by atoms with Crippen molar-refractivity contribution in [2.24, 2.45) is 0 Å². The SMILES string of the molecule is COc1ccccc1N1CCCC(NC(=O)C(Cc2c[nH]c3ccccc23)NC(C)=O)C1. The van der Waals surface area contributed by atoms with Crippen molar-refractivity contribution in [2.75, 3.05) is 25.1 Å². The van der Waals surface area contributed by atoms with Crippen molar-refractivity contribution in [1.82, 2.24) is 15.6 Å². The van der Waals surface area contributed by atoms with Crippen LogP contribution in [0.5, 0.6) is 5.75 Å². The smallest absolute Gasteiger partial charge is 0.243 e. The number of nitrogens with zero attached hydrogens (tertiary/aromatic N) is 1. The minimum Gasteiger partial charge on any atom is -0.495 e. The summed E-state index contributed by atoms with van der Waals surface area (Å²) in [5.74, 6) is 0.455. The minimum atomic E-state index is -0.631. The third-order valence-corrected chi connectivity index (χ3v) is 5.99. The molecule has 7 heteroatoms. The Balaban J connectivity index is 1.46. The number of benzene rings is 2. The van der Waals surface area contributed by atoms with Gasteiger partial charge in [0, 0.05) is 49.6 Å². The lowest BCUT2D eigenvalue weighted by Crippen LogP contribution is -2.54. The van der Waals surface area contributed by atoms with Crippen LogP contribution in [0, 0.1) is 0 Å². The number of H-pyrrole nitrogens is 1. The number of nitrogens with one attached hydrogen (secondary N) is 3. The van der Waals surface area contributed by atoms with E-state index >= 15 is 0 Å². The van der Waals surface area contributed by atoms with E-state index in [1.165, 1.54) is 6.92 Å². The summed E-state index contributed by atoms with van der Waals surface area (Å²) in [5.41, 5.74) is 3.06. The standard InChI is InChI=1S/C25H30N4O3/c1-17(30)27-22(14-18-15-26-21-10-4-3-9-20(18)21)25(31)28-19-8-7-13-29(16-19)23-11-5-6-12-24(23)32-2/h3-6,9-12,15,19,22,26H,7-8,13-14,16H2,1-2H3,(H,27,30)(H,28,31). The van der Waals surface area contributed by atoms with E-state index in [0.29, 0.717) is 13.0 Å². The topological polar surface area (TPSA) is 86.5 Å². The van der Waals surface area contributed by atoms with Crippen LogP contribution in [0.15, 0.2) is 54.7 Å². The molecule has 0 spiro atoms. The number of aromatic amines is 1. The number of amides is 2. The summed E-state index contributed by atoms with van der Waals surface area (Å²) in [5, 5.41) is 7.08. The van der Waals surface area contributed by atoms with Gasteiger partial charge >= 0.3 is 0 Å². The van der Waals surface area contributed by atoms with Gasteiger partial charge in [0.15, 0.2) is 0 Å². The molecule has 3 aromatic rings. The molecule has 0 bridgehead atoms. The van der Waals surface area contributed by atoms with E-state index in [0.717, 1.165) is 47.3 Å². The first-order valence-corrected chi connectivity index (χ1v) is 11.1. The van der Waals surface area contributed by atoms with Gasteiger partial charge in [-0.25, -0.2) is 0 Å². The Morgan fingerprint density at radius 2 is 1.97 bits per heavy atom. The molecule has 2 heterocycles. The van der Waals surface area contributed by atoms with E-state index in [-0.39, 0.29) is 17.9 Å². The summed E-state index contributed by atoms with van der Waals surface area (Å²) in [6.45, 7) is 3.06. The number of ether oxygens (including phenoxy) is 1. The summed E-state index contributed by atoms with van der Waals surface area (Å²) < 4.78 is 5.51. The third-order valence-electron chi connectivity index (χ3n) is 5.99. The van der Waals surface area contributed by atoms with Crippen LogP contribution in [0.2, 0.25) is 0 Å².